The second-order valence-corrected chi connectivity index (χ2v) is 7.81. The van der Waals surface area contributed by atoms with Crippen LogP contribution in [-0.4, -0.2) is 40.2 Å². The number of nitrogens with one attached hydrogen (secondary N) is 1. The molecule has 3 rings (SSSR count). The van der Waals surface area contributed by atoms with E-state index in [-0.39, 0.29) is 11.9 Å². The summed E-state index contributed by atoms with van der Waals surface area (Å²) in [5, 5.41) is 7.46. The van der Waals surface area contributed by atoms with E-state index in [1.165, 1.54) is 24.0 Å². The first-order chi connectivity index (χ1) is 13.0. The van der Waals surface area contributed by atoms with Crippen LogP contribution < -0.4 is 5.32 Å². The molecule has 1 aliphatic heterocycles. The van der Waals surface area contributed by atoms with E-state index in [1.54, 1.807) is 6.20 Å². The molecule has 5 heteroatoms. The first kappa shape index (κ1) is 19.6. The first-order valence-electron chi connectivity index (χ1n) is 10.1. The highest BCUT2D eigenvalue weighted by atomic mass is 16.1. The molecule has 5 nitrogen and oxygen atoms in total. The molecule has 0 saturated carbocycles. The number of rotatable bonds is 6. The highest BCUT2D eigenvalue weighted by molar-refractivity contribution is 5.95. The van der Waals surface area contributed by atoms with Crippen LogP contribution in [0.25, 0.3) is 0 Å². The Morgan fingerprint density at radius 2 is 1.89 bits per heavy atom. The monoisotopic (exact) mass is 368 g/mol. The number of hydrogen-bond donors (Lipinski definition) is 1. The van der Waals surface area contributed by atoms with Gasteiger partial charge in [-0.2, -0.15) is 5.10 Å². The minimum atomic E-state index is -0.0327. The summed E-state index contributed by atoms with van der Waals surface area (Å²) in [5.41, 5.74) is 4.13. The van der Waals surface area contributed by atoms with Crippen LogP contribution in [0.4, 0.5) is 0 Å². The van der Waals surface area contributed by atoms with Gasteiger partial charge in [0.1, 0.15) is 0 Å². The Bertz CT molecular complexity index is 757. The van der Waals surface area contributed by atoms with Gasteiger partial charge in [-0.15, -0.1) is 0 Å². The van der Waals surface area contributed by atoms with Crippen molar-refractivity contribution in [2.24, 2.45) is 5.92 Å². The lowest BCUT2D eigenvalue weighted by Crippen LogP contribution is -2.42. The molecule has 0 spiro atoms. The average Bonchev–Trinajstić information content (AvgIpc) is 3.05. The van der Waals surface area contributed by atoms with E-state index in [1.807, 2.05) is 18.5 Å². The maximum atomic E-state index is 12.7. The van der Waals surface area contributed by atoms with Crippen LogP contribution in [0.15, 0.2) is 30.5 Å². The standard InChI is InChI=1S/C22H32N4O/c1-5-26-18(4)20(14-24-26)22(27)23-15-21(19-8-6-16(2)7-9-19)25-12-10-17(3)11-13-25/h6-9,14,17,21H,5,10-13,15H2,1-4H3,(H,23,27)/t21-/m1/s1. The van der Waals surface area contributed by atoms with Crippen LogP contribution in [0, 0.1) is 19.8 Å². The van der Waals surface area contributed by atoms with Crippen LogP contribution in [0.3, 0.4) is 0 Å². The molecule has 1 atom stereocenters. The second-order valence-electron chi connectivity index (χ2n) is 7.81. The van der Waals surface area contributed by atoms with Gasteiger partial charge in [-0.25, -0.2) is 0 Å². The van der Waals surface area contributed by atoms with E-state index in [9.17, 15) is 4.79 Å². The summed E-state index contributed by atoms with van der Waals surface area (Å²) in [5.74, 6) is 0.756. The van der Waals surface area contributed by atoms with E-state index in [2.05, 4.69) is 53.4 Å². The quantitative estimate of drug-likeness (QED) is 0.845. The number of carbonyl (C=O) groups is 1. The minimum Gasteiger partial charge on any atom is -0.350 e. The molecular weight excluding hydrogens is 336 g/mol. The van der Waals surface area contributed by atoms with Crippen molar-refractivity contribution in [3.05, 3.63) is 52.8 Å². The normalized spacial score (nSPS) is 17.0. The largest absolute Gasteiger partial charge is 0.350 e. The highest BCUT2D eigenvalue weighted by Crippen LogP contribution is 2.26. The Morgan fingerprint density at radius 1 is 1.22 bits per heavy atom. The number of likely N-dealkylation sites (tertiary alicyclic amines) is 1. The molecule has 2 heterocycles. The predicted molar refractivity (Wildman–Crippen MR) is 109 cm³/mol. The number of hydrogen-bond acceptors (Lipinski definition) is 3. The first-order valence-corrected chi connectivity index (χ1v) is 10.1. The zero-order chi connectivity index (χ0) is 19.4. The molecule has 0 bridgehead atoms. The lowest BCUT2D eigenvalue weighted by atomic mass is 9.95. The fraction of sp³-hybridized carbons (Fsp3) is 0.545. The van der Waals surface area contributed by atoms with Crippen molar-refractivity contribution in [2.45, 2.75) is 53.1 Å². The van der Waals surface area contributed by atoms with Crippen LogP contribution in [0.1, 0.15) is 59.9 Å². The molecule has 1 fully saturated rings. The Hall–Kier alpha value is -2.14. The van der Waals surface area contributed by atoms with Gasteiger partial charge in [-0.3, -0.25) is 14.4 Å². The molecule has 1 aromatic heterocycles. The highest BCUT2D eigenvalue weighted by Gasteiger charge is 2.25. The molecule has 2 aromatic rings. The van der Waals surface area contributed by atoms with Crippen molar-refractivity contribution in [3.63, 3.8) is 0 Å². The molecule has 146 valence electrons. The Kier molecular flexibility index (Phi) is 6.32. The second kappa shape index (κ2) is 8.70. The number of aromatic nitrogens is 2. The molecule has 0 unspecified atom stereocenters. The number of benzene rings is 1. The fourth-order valence-corrected chi connectivity index (χ4v) is 3.86. The molecule has 1 aliphatic rings. The topological polar surface area (TPSA) is 50.2 Å². The zero-order valence-corrected chi connectivity index (χ0v) is 17.0. The molecule has 1 aromatic carbocycles. The average molecular weight is 369 g/mol. The summed E-state index contributed by atoms with van der Waals surface area (Å²) >= 11 is 0. The molecule has 0 radical (unpaired) electrons. The number of aryl methyl sites for hydroxylation is 2. The number of amides is 1. The maximum absolute atomic E-state index is 12.7. The Labute approximate surface area is 162 Å². The van der Waals surface area contributed by atoms with Gasteiger partial charge < -0.3 is 5.32 Å². The summed E-state index contributed by atoms with van der Waals surface area (Å²) in [7, 11) is 0. The predicted octanol–water partition coefficient (Wildman–Crippen LogP) is 3.72. The molecule has 0 aliphatic carbocycles. The fourth-order valence-electron chi connectivity index (χ4n) is 3.86. The Morgan fingerprint density at radius 3 is 2.48 bits per heavy atom. The van der Waals surface area contributed by atoms with Gasteiger partial charge >= 0.3 is 0 Å². The van der Waals surface area contributed by atoms with Crippen molar-refractivity contribution in [1.29, 1.82) is 0 Å². The lowest BCUT2D eigenvalue weighted by Gasteiger charge is -2.37. The van der Waals surface area contributed by atoms with Gasteiger partial charge in [0.15, 0.2) is 0 Å². The summed E-state index contributed by atoms with van der Waals surface area (Å²) in [6, 6.07) is 8.93. The summed E-state index contributed by atoms with van der Waals surface area (Å²) in [4.78, 5) is 15.3. The summed E-state index contributed by atoms with van der Waals surface area (Å²) in [6.07, 6.45) is 4.12. The maximum Gasteiger partial charge on any atom is 0.254 e. The van der Waals surface area contributed by atoms with Crippen molar-refractivity contribution in [1.82, 2.24) is 20.0 Å². The van der Waals surface area contributed by atoms with E-state index in [0.29, 0.717) is 12.1 Å². The van der Waals surface area contributed by atoms with E-state index in [0.717, 1.165) is 31.2 Å². The third-order valence-corrected chi connectivity index (χ3v) is 5.82. The molecule has 1 saturated heterocycles. The van der Waals surface area contributed by atoms with Crippen LogP contribution in [0.2, 0.25) is 0 Å². The van der Waals surface area contributed by atoms with E-state index >= 15 is 0 Å². The van der Waals surface area contributed by atoms with E-state index in [4.69, 9.17) is 0 Å². The van der Waals surface area contributed by atoms with Crippen LogP contribution in [-0.2, 0) is 6.54 Å². The van der Waals surface area contributed by atoms with Gasteiger partial charge in [0, 0.05) is 18.8 Å². The third-order valence-electron chi connectivity index (χ3n) is 5.82. The third kappa shape index (κ3) is 4.59. The van der Waals surface area contributed by atoms with Crippen molar-refractivity contribution >= 4 is 5.91 Å². The summed E-state index contributed by atoms with van der Waals surface area (Å²) < 4.78 is 1.86. The van der Waals surface area contributed by atoms with Crippen molar-refractivity contribution in [3.8, 4) is 0 Å². The zero-order valence-electron chi connectivity index (χ0n) is 17.0. The van der Waals surface area contributed by atoms with Gasteiger partial charge in [0.25, 0.3) is 5.91 Å². The number of piperidine rings is 1. The van der Waals surface area contributed by atoms with Gasteiger partial charge in [0.2, 0.25) is 0 Å². The van der Waals surface area contributed by atoms with Crippen LogP contribution >= 0.6 is 0 Å². The number of carbonyl (C=O) groups excluding carboxylic acids is 1. The van der Waals surface area contributed by atoms with E-state index < -0.39 is 0 Å². The van der Waals surface area contributed by atoms with Crippen molar-refractivity contribution < 1.29 is 4.79 Å². The number of nitrogens with zero attached hydrogens (tertiary/aromatic N) is 3. The molecule has 1 amide bonds. The van der Waals surface area contributed by atoms with Gasteiger partial charge in [-0.05, 0) is 58.2 Å². The molecule has 27 heavy (non-hydrogen) atoms. The molecular formula is C22H32N4O. The smallest absolute Gasteiger partial charge is 0.254 e. The molecule has 1 N–H and O–H groups in total. The van der Waals surface area contributed by atoms with Gasteiger partial charge in [-0.1, -0.05) is 36.8 Å². The Balaban J connectivity index is 1.73. The summed E-state index contributed by atoms with van der Waals surface area (Å²) in [6.45, 7) is 12.0. The minimum absolute atomic E-state index is 0.0327. The van der Waals surface area contributed by atoms with Gasteiger partial charge in [0.05, 0.1) is 17.8 Å². The lowest BCUT2D eigenvalue weighted by molar-refractivity contribution is 0.0912. The van der Waals surface area contributed by atoms with Crippen molar-refractivity contribution in [2.75, 3.05) is 19.6 Å². The SMILES string of the molecule is CCn1ncc(C(=O)NC[C@H](c2ccc(C)cc2)N2CCC(C)CC2)c1C. The van der Waals surface area contributed by atoms with Crippen LogP contribution in [0.5, 0.6) is 0 Å².